The van der Waals surface area contributed by atoms with Crippen molar-refractivity contribution in [2.75, 3.05) is 44.6 Å². The van der Waals surface area contributed by atoms with Gasteiger partial charge in [0.1, 0.15) is 12.3 Å². The third kappa shape index (κ3) is 3.59. The smallest absolute Gasteiger partial charge is 0.250 e. The first-order chi connectivity index (χ1) is 8.60. The molecular formula is C12H19N3O3. The molecule has 0 aliphatic carbocycles. The average molecular weight is 253 g/mol. The van der Waals surface area contributed by atoms with E-state index >= 15 is 0 Å². The van der Waals surface area contributed by atoms with E-state index in [4.69, 9.17) is 9.47 Å². The first-order valence-corrected chi connectivity index (χ1v) is 5.68. The SMILES string of the molecule is CCOCC(=O)Nc1c(N(C)C)ccnc1OC. The molecular weight excluding hydrogens is 234 g/mol. The first kappa shape index (κ1) is 14.2. The van der Waals surface area contributed by atoms with Gasteiger partial charge >= 0.3 is 0 Å². The quantitative estimate of drug-likeness (QED) is 0.823. The number of methoxy groups -OCH3 is 1. The van der Waals surface area contributed by atoms with Gasteiger partial charge in [-0.25, -0.2) is 4.98 Å². The van der Waals surface area contributed by atoms with E-state index in [0.29, 0.717) is 18.2 Å². The zero-order valence-corrected chi connectivity index (χ0v) is 11.2. The third-order valence-electron chi connectivity index (χ3n) is 2.27. The highest BCUT2D eigenvalue weighted by molar-refractivity contribution is 5.96. The molecule has 0 aromatic carbocycles. The second-order valence-electron chi connectivity index (χ2n) is 3.79. The van der Waals surface area contributed by atoms with Crippen molar-refractivity contribution in [1.29, 1.82) is 0 Å². The number of carbonyl (C=O) groups is 1. The Kier molecular flexibility index (Phi) is 5.38. The van der Waals surface area contributed by atoms with E-state index < -0.39 is 0 Å². The summed E-state index contributed by atoms with van der Waals surface area (Å²) in [4.78, 5) is 17.6. The van der Waals surface area contributed by atoms with E-state index in [0.717, 1.165) is 5.69 Å². The Balaban J connectivity index is 2.94. The lowest BCUT2D eigenvalue weighted by Gasteiger charge is -2.19. The van der Waals surface area contributed by atoms with Crippen molar-refractivity contribution in [1.82, 2.24) is 4.98 Å². The number of carbonyl (C=O) groups excluding carboxylic acids is 1. The number of rotatable bonds is 6. The molecule has 0 saturated heterocycles. The summed E-state index contributed by atoms with van der Waals surface area (Å²) in [5, 5.41) is 2.75. The van der Waals surface area contributed by atoms with E-state index in [1.54, 1.807) is 12.3 Å². The van der Waals surface area contributed by atoms with Crippen molar-refractivity contribution in [3.63, 3.8) is 0 Å². The minimum Gasteiger partial charge on any atom is -0.479 e. The molecule has 1 heterocycles. The van der Waals surface area contributed by atoms with Crippen molar-refractivity contribution in [3.8, 4) is 5.88 Å². The third-order valence-corrected chi connectivity index (χ3v) is 2.27. The van der Waals surface area contributed by atoms with Gasteiger partial charge in [0.15, 0.2) is 0 Å². The van der Waals surface area contributed by atoms with E-state index in [2.05, 4.69) is 10.3 Å². The van der Waals surface area contributed by atoms with Gasteiger partial charge in [0, 0.05) is 26.9 Å². The summed E-state index contributed by atoms with van der Waals surface area (Å²) in [7, 11) is 5.28. The summed E-state index contributed by atoms with van der Waals surface area (Å²) >= 11 is 0. The lowest BCUT2D eigenvalue weighted by atomic mass is 10.3. The van der Waals surface area contributed by atoms with E-state index in [-0.39, 0.29) is 12.5 Å². The van der Waals surface area contributed by atoms with E-state index in [9.17, 15) is 4.79 Å². The number of amides is 1. The van der Waals surface area contributed by atoms with Gasteiger partial charge in [0.2, 0.25) is 5.88 Å². The number of pyridine rings is 1. The first-order valence-electron chi connectivity index (χ1n) is 5.68. The standard InChI is InChI=1S/C12H19N3O3/c1-5-18-8-10(16)14-11-9(15(2)3)6-7-13-12(11)17-4/h6-7H,5,8H2,1-4H3,(H,14,16). The van der Waals surface area contributed by atoms with Gasteiger partial charge in [-0.05, 0) is 13.0 Å². The molecule has 1 amide bonds. The fourth-order valence-electron chi connectivity index (χ4n) is 1.45. The number of hydrogen-bond donors (Lipinski definition) is 1. The Morgan fingerprint density at radius 3 is 2.78 bits per heavy atom. The molecule has 0 bridgehead atoms. The predicted molar refractivity (Wildman–Crippen MR) is 70.2 cm³/mol. The molecule has 0 atom stereocenters. The van der Waals surface area contributed by atoms with Gasteiger partial charge < -0.3 is 19.7 Å². The topological polar surface area (TPSA) is 63.7 Å². The molecule has 0 spiro atoms. The summed E-state index contributed by atoms with van der Waals surface area (Å²) in [6, 6.07) is 1.80. The lowest BCUT2D eigenvalue weighted by Crippen LogP contribution is -2.21. The van der Waals surface area contributed by atoms with Crippen LogP contribution in [-0.2, 0) is 9.53 Å². The Labute approximate surface area is 107 Å². The van der Waals surface area contributed by atoms with Crippen LogP contribution in [0, 0.1) is 0 Å². The summed E-state index contributed by atoms with van der Waals surface area (Å²) in [6.45, 7) is 2.35. The molecule has 1 aromatic heterocycles. The van der Waals surface area contributed by atoms with Crippen molar-refractivity contribution in [2.45, 2.75) is 6.92 Å². The number of ether oxygens (including phenoxy) is 2. The molecule has 0 aliphatic heterocycles. The van der Waals surface area contributed by atoms with Gasteiger partial charge in [-0.2, -0.15) is 0 Å². The normalized spacial score (nSPS) is 10.0. The molecule has 0 fully saturated rings. The monoisotopic (exact) mass is 253 g/mol. The molecule has 0 aliphatic rings. The molecule has 6 heteroatoms. The maximum absolute atomic E-state index is 11.7. The minimum atomic E-state index is -0.230. The molecule has 0 saturated carbocycles. The van der Waals surface area contributed by atoms with Crippen LogP contribution in [0.2, 0.25) is 0 Å². The van der Waals surface area contributed by atoms with E-state index in [1.165, 1.54) is 7.11 Å². The molecule has 1 aromatic rings. The van der Waals surface area contributed by atoms with Crippen LogP contribution in [0.4, 0.5) is 11.4 Å². The van der Waals surface area contributed by atoms with Crippen LogP contribution in [-0.4, -0.2) is 45.3 Å². The van der Waals surface area contributed by atoms with Crippen LogP contribution in [0.15, 0.2) is 12.3 Å². The number of nitrogens with one attached hydrogen (secondary N) is 1. The summed E-state index contributed by atoms with van der Waals surface area (Å²) in [5.41, 5.74) is 1.38. The molecule has 18 heavy (non-hydrogen) atoms. The van der Waals surface area contributed by atoms with Gasteiger partial charge in [0.05, 0.1) is 12.8 Å². The van der Waals surface area contributed by atoms with Crippen LogP contribution >= 0.6 is 0 Å². The van der Waals surface area contributed by atoms with Crippen LogP contribution in [0.25, 0.3) is 0 Å². The highest BCUT2D eigenvalue weighted by Crippen LogP contribution is 2.31. The highest BCUT2D eigenvalue weighted by Gasteiger charge is 2.14. The Hall–Kier alpha value is -1.82. The molecule has 6 nitrogen and oxygen atoms in total. The molecule has 0 radical (unpaired) electrons. The van der Waals surface area contributed by atoms with Gasteiger partial charge in [-0.3, -0.25) is 4.79 Å². The van der Waals surface area contributed by atoms with Gasteiger partial charge in [-0.1, -0.05) is 0 Å². The summed E-state index contributed by atoms with van der Waals surface area (Å²) in [6.07, 6.45) is 1.63. The van der Waals surface area contributed by atoms with Crippen LogP contribution in [0.5, 0.6) is 5.88 Å². The van der Waals surface area contributed by atoms with Crippen molar-refractivity contribution < 1.29 is 14.3 Å². The predicted octanol–water partition coefficient (Wildman–Crippen LogP) is 1.13. The fraction of sp³-hybridized carbons (Fsp3) is 0.500. The largest absolute Gasteiger partial charge is 0.479 e. The zero-order valence-electron chi connectivity index (χ0n) is 11.2. The molecule has 1 rings (SSSR count). The Morgan fingerprint density at radius 1 is 1.50 bits per heavy atom. The second-order valence-corrected chi connectivity index (χ2v) is 3.79. The average Bonchev–Trinajstić information content (AvgIpc) is 2.36. The van der Waals surface area contributed by atoms with Gasteiger partial charge in [-0.15, -0.1) is 0 Å². The molecule has 1 N–H and O–H groups in total. The maximum Gasteiger partial charge on any atom is 0.250 e. The number of anilines is 2. The lowest BCUT2D eigenvalue weighted by molar-refractivity contribution is -0.120. The summed E-state index contributed by atoms with van der Waals surface area (Å²) in [5.74, 6) is 0.150. The van der Waals surface area contributed by atoms with Crippen molar-refractivity contribution in [3.05, 3.63) is 12.3 Å². The van der Waals surface area contributed by atoms with Gasteiger partial charge in [0.25, 0.3) is 5.91 Å². The molecule has 100 valence electrons. The minimum absolute atomic E-state index is 0.0153. The highest BCUT2D eigenvalue weighted by atomic mass is 16.5. The number of hydrogen-bond acceptors (Lipinski definition) is 5. The van der Waals surface area contributed by atoms with Crippen molar-refractivity contribution in [2.24, 2.45) is 0 Å². The van der Waals surface area contributed by atoms with Crippen LogP contribution in [0.3, 0.4) is 0 Å². The Bertz CT molecular complexity index is 408. The Morgan fingerprint density at radius 2 is 2.22 bits per heavy atom. The summed E-state index contributed by atoms with van der Waals surface area (Å²) < 4.78 is 10.2. The molecule has 0 unspecified atom stereocenters. The number of nitrogens with zero attached hydrogens (tertiary/aromatic N) is 2. The van der Waals surface area contributed by atoms with Crippen molar-refractivity contribution >= 4 is 17.3 Å². The van der Waals surface area contributed by atoms with Crippen LogP contribution < -0.4 is 15.0 Å². The fourth-order valence-corrected chi connectivity index (χ4v) is 1.45. The zero-order chi connectivity index (χ0) is 13.5. The maximum atomic E-state index is 11.7. The van der Waals surface area contributed by atoms with Crippen LogP contribution in [0.1, 0.15) is 6.92 Å². The second kappa shape index (κ2) is 6.80. The number of aromatic nitrogens is 1. The van der Waals surface area contributed by atoms with E-state index in [1.807, 2.05) is 25.9 Å².